The molecule has 0 bridgehead atoms. The van der Waals surface area contributed by atoms with Crippen LogP contribution in [0.3, 0.4) is 0 Å². The Labute approximate surface area is 95.4 Å². The van der Waals surface area contributed by atoms with Crippen LogP contribution in [0.25, 0.3) is 0 Å². The Kier molecular flexibility index (Phi) is 3.46. The van der Waals surface area contributed by atoms with Crippen molar-refractivity contribution in [2.75, 3.05) is 6.54 Å². The second-order valence-corrected chi connectivity index (χ2v) is 4.99. The highest BCUT2D eigenvalue weighted by atomic mass is 16.4. The van der Waals surface area contributed by atoms with E-state index in [4.69, 9.17) is 5.11 Å². The topological polar surface area (TPSA) is 66.4 Å². The quantitative estimate of drug-likeness (QED) is 0.644. The van der Waals surface area contributed by atoms with Gasteiger partial charge in [-0.15, -0.1) is 0 Å². The maximum Gasteiger partial charge on any atom is 0.303 e. The fourth-order valence-corrected chi connectivity index (χ4v) is 2.31. The minimum Gasteiger partial charge on any atom is -0.481 e. The minimum atomic E-state index is -0.762. The molecular formula is C12H19NO3. The predicted octanol–water partition coefficient (Wildman–Crippen LogP) is 1.40. The van der Waals surface area contributed by atoms with Gasteiger partial charge in [-0.1, -0.05) is 0 Å². The summed E-state index contributed by atoms with van der Waals surface area (Å²) in [6.45, 7) is 0.625. The van der Waals surface area contributed by atoms with E-state index in [-0.39, 0.29) is 18.2 Å². The lowest BCUT2D eigenvalue weighted by molar-refractivity contribution is -0.137. The van der Waals surface area contributed by atoms with Crippen LogP contribution < -0.4 is 5.32 Å². The van der Waals surface area contributed by atoms with Gasteiger partial charge in [0.15, 0.2) is 0 Å². The number of amides is 1. The number of nitrogens with one attached hydrogen (secondary N) is 1. The molecule has 0 spiro atoms. The van der Waals surface area contributed by atoms with Crippen LogP contribution in [0.1, 0.15) is 38.5 Å². The molecule has 2 rings (SSSR count). The fraction of sp³-hybridized carbons (Fsp3) is 0.833. The highest BCUT2D eigenvalue weighted by Gasteiger charge is 2.50. The molecule has 2 N–H and O–H groups in total. The van der Waals surface area contributed by atoms with Crippen molar-refractivity contribution in [1.29, 1.82) is 0 Å². The Morgan fingerprint density at radius 2 is 2.00 bits per heavy atom. The Morgan fingerprint density at radius 3 is 2.62 bits per heavy atom. The van der Waals surface area contributed by atoms with Gasteiger partial charge in [-0.2, -0.15) is 0 Å². The normalized spacial score (nSPS) is 27.5. The zero-order valence-corrected chi connectivity index (χ0v) is 9.45. The number of hydrogen-bond donors (Lipinski definition) is 2. The summed E-state index contributed by atoms with van der Waals surface area (Å²) in [7, 11) is 0. The van der Waals surface area contributed by atoms with Crippen LogP contribution in [0.2, 0.25) is 0 Å². The molecule has 2 aliphatic carbocycles. The summed E-state index contributed by atoms with van der Waals surface area (Å²) in [4.78, 5) is 21.9. The third-order valence-electron chi connectivity index (χ3n) is 3.52. The molecule has 2 unspecified atom stereocenters. The van der Waals surface area contributed by atoms with Gasteiger partial charge < -0.3 is 10.4 Å². The molecule has 0 aliphatic heterocycles. The third-order valence-corrected chi connectivity index (χ3v) is 3.52. The highest BCUT2D eigenvalue weighted by molar-refractivity contribution is 5.81. The molecule has 1 amide bonds. The second kappa shape index (κ2) is 4.85. The van der Waals surface area contributed by atoms with E-state index < -0.39 is 5.97 Å². The van der Waals surface area contributed by atoms with Crippen LogP contribution in [-0.2, 0) is 9.59 Å². The first-order chi connectivity index (χ1) is 7.68. The number of rotatable bonds is 7. The van der Waals surface area contributed by atoms with Crippen molar-refractivity contribution in [2.45, 2.75) is 38.5 Å². The van der Waals surface area contributed by atoms with Gasteiger partial charge in [-0.05, 0) is 43.9 Å². The first-order valence-corrected chi connectivity index (χ1v) is 6.18. The molecule has 16 heavy (non-hydrogen) atoms. The van der Waals surface area contributed by atoms with E-state index in [1.807, 2.05) is 0 Å². The van der Waals surface area contributed by atoms with Crippen molar-refractivity contribution >= 4 is 11.9 Å². The molecule has 0 saturated heterocycles. The van der Waals surface area contributed by atoms with E-state index in [2.05, 4.69) is 5.32 Å². The molecule has 2 atom stereocenters. The lowest BCUT2D eigenvalue weighted by Gasteiger charge is -2.03. The van der Waals surface area contributed by atoms with Crippen LogP contribution in [-0.4, -0.2) is 23.5 Å². The van der Waals surface area contributed by atoms with Crippen LogP contribution in [0, 0.1) is 17.8 Å². The zero-order valence-electron chi connectivity index (χ0n) is 9.45. The van der Waals surface area contributed by atoms with Crippen LogP contribution in [0.5, 0.6) is 0 Å². The van der Waals surface area contributed by atoms with Gasteiger partial charge in [0, 0.05) is 18.9 Å². The summed E-state index contributed by atoms with van der Waals surface area (Å²) in [6, 6.07) is 0. The smallest absolute Gasteiger partial charge is 0.303 e. The molecule has 0 heterocycles. The molecule has 4 heteroatoms. The van der Waals surface area contributed by atoms with Crippen LogP contribution >= 0.6 is 0 Å². The van der Waals surface area contributed by atoms with E-state index in [0.29, 0.717) is 18.9 Å². The van der Waals surface area contributed by atoms with E-state index >= 15 is 0 Å². The molecule has 2 fully saturated rings. The predicted molar refractivity (Wildman–Crippen MR) is 58.8 cm³/mol. The van der Waals surface area contributed by atoms with Crippen molar-refractivity contribution in [3.63, 3.8) is 0 Å². The molecule has 2 saturated carbocycles. The number of carboxylic acids is 1. The summed E-state index contributed by atoms with van der Waals surface area (Å²) in [5, 5.41) is 11.3. The standard InChI is InChI=1S/C12H19NO3/c14-11(15)3-1-2-6-13-12(16)10-7-9(10)8-4-5-8/h8-10H,1-7H2,(H,13,16)(H,14,15). The van der Waals surface area contributed by atoms with E-state index in [0.717, 1.165) is 18.8 Å². The molecule has 0 radical (unpaired) electrons. The summed E-state index contributed by atoms with van der Waals surface area (Å²) >= 11 is 0. The van der Waals surface area contributed by atoms with Gasteiger partial charge in [0.05, 0.1) is 0 Å². The SMILES string of the molecule is O=C(O)CCCCNC(=O)C1CC1C1CC1. The Morgan fingerprint density at radius 1 is 1.25 bits per heavy atom. The van der Waals surface area contributed by atoms with E-state index in [1.54, 1.807) is 0 Å². The molecule has 0 aromatic rings. The summed E-state index contributed by atoms with van der Waals surface area (Å²) in [5.41, 5.74) is 0. The number of unbranched alkanes of at least 4 members (excludes halogenated alkanes) is 1. The first-order valence-electron chi connectivity index (χ1n) is 6.18. The number of carbonyl (C=O) groups excluding carboxylic acids is 1. The molecule has 4 nitrogen and oxygen atoms in total. The number of carboxylic acid groups (broad SMARTS) is 1. The van der Waals surface area contributed by atoms with Crippen LogP contribution in [0.4, 0.5) is 0 Å². The zero-order chi connectivity index (χ0) is 11.5. The first kappa shape index (κ1) is 11.4. The lowest BCUT2D eigenvalue weighted by Crippen LogP contribution is -2.26. The maximum atomic E-state index is 11.6. The monoisotopic (exact) mass is 225 g/mol. The second-order valence-electron chi connectivity index (χ2n) is 4.99. The Hall–Kier alpha value is -1.06. The number of aliphatic carboxylic acids is 1. The fourth-order valence-electron chi connectivity index (χ4n) is 2.31. The van der Waals surface area contributed by atoms with Gasteiger partial charge in [0.25, 0.3) is 0 Å². The summed E-state index contributed by atoms with van der Waals surface area (Å²) < 4.78 is 0. The van der Waals surface area contributed by atoms with Gasteiger partial charge in [0.2, 0.25) is 5.91 Å². The minimum absolute atomic E-state index is 0.187. The van der Waals surface area contributed by atoms with Crippen molar-refractivity contribution in [2.24, 2.45) is 17.8 Å². The largest absolute Gasteiger partial charge is 0.481 e. The average molecular weight is 225 g/mol. The Bertz CT molecular complexity index is 286. The number of carbonyl (C=O) groups is 2. The summed E-state index contributed by atoms with van der Waals surface area (Å²) in [6.07, 6.45) is 5.31. The maximum absolute atomic E-state index is 11.6. The Balaban J connectivity index is 1.50. The summed E-state index contributed by atoms with van der Waals surface area (Å²) in [5.74, 6) is 1.20. The molecule has 90 valence electrons. The molecule has 0 aromatic heterocycles. The van der Waals surface area contributed by atoms with Gasteiger partial charge in [-0.25, -0.2) is 0 Å². The highest BCUT2D eigenvalue weighted by Crippen LogP contribution is 2.54. The van der Waals surface area contributed by atoms with Crippen molar-refractivity contribution in [3.8, 4) is 0 Å². The third kappa shape index (κ3) is 3.22. The van der Waals surface area contributed by atoms with E-state index in [1.165, 1.54) is 12.8 Å². The van der Waals surface area contributed by atoms with Crippen molar-refractivity contribution in [3.05, 3.63) is 0 Å². The van der Waals surface area contributed by atoms with E-state index in [9.17, 15) is 9.59 Å². The van der Waals surface area contributed by atoms with Gasteiger partial charge in [0.1, 0.15) is 0 Å². The van der Waals surface area contributed by atoms with Crippen LogP contribution in [0.15, 0.2) is 0 Å². The molecular weight excluding hydrogens is 206 g/mol. The number of hydrogen-bond acceptors (Lipinski definition) is 2. The molecule has 0 aromatic carbocycles. The lowest BCUT2D eigenvalue weighted by atomic mass is 10.2. The van der Waals surface area contributed by atoms with Crippen molar-refractivity contribution < 1.29 is 14.7 Å². The average Bonchev–Trinajstić information content (AvgIpc) is 3.06. The van der Waals surface area contributed by atoms with Gasteiger partial charge in [-0.3, -0.25) is 9.59 Å². The van der Waals surface area contributed by atoms with Gasteiger partial charge >= 0.3 is 5.97 Å². The van der Waals surface area contributed by atoms with Crippen molar-refractivity contribution in [1.82, 2.24) is 5.32 Å². The molecule has 2 aliphatic rings.